The van der Waals surface area contributed by atoms with Gasteiger partial charge in [-0.1, -0.05) is 35.9 Å². The molecule has 2 aromatic carbocycles. The first-order valence-electron chi connectivity index (χ1n) is 7.05. The highest BCUT2D eigenvalue weighted by molar-refractivity contribution is 6.31. The lowest BCUT2D eigenvalue weighted by Crippen LogP contribution is -2.11. The minimum absolute atomic E-state index is 0.375. The summed E-state index contributed by atoms with van der Waals surface area (Å²) in [6, 6.07) is 14.8. The van der Waals surface area contributed by atoms with E-state index in [0.29, 0.717) is 11.9 Å². The predicted octanol–water partition coefficient (Wildman–Crippen LogP) is 4.77. The van der Waals surface area contributed by atoms with Crippen molar-refractivity contribution in [1.82, 2.24) is 9.55 Å². The van der Waals surface area contributed by atoms with Crippen LogP contribution in [0, 0.1) is 0 Å². The Balaban J connectivity index is 1.85. The number of benzene rings is 2. The third-order valence-corrected chi connectivity index (χ3v) is 4.71. The summed E-state index contributed by atoms with van der Waals surface area (Å²) in [6.45, 7) is 0. The van der Waals surface area contributed by atoms with Gasteiger partial charge in [0.2, 0.25) is 0 Å². The van der Waals surface area contributed by atoms with E-state index in [2.05, 4.69) is 33.8 Å². The van der Waals surface area contributed by atoms with Crippen LogP contribution in [-0.4, -0.2) is 9.55 Å². The molecule has 106 valence electrons. The molecule has 3 aromatic rings. The Kier molecular flexibility index (Phi) is 3.16. The minimum atomic E-state index is 0.375. The summed E-state index contributed by atoms with van der Waals surface area (Å²) < 4.78 is 2.27. The summed E-state index contributed by atoms with van der Waals surface area (Å²) in [5.41, 5.74) is 4.89. The van der Waals surface area contributed by atoms with Crippen LogP contribution in [-0.2, 0) is 18.7 Å². The maximum absolute atomic E-state index is 6.16. The fourth-order valence-electron chi connectivity index (χ4n) is 3.34. The first-order chi connectivity index (χ1) is 10.3. The molecule has 2 nitrogen and oxygen atoms in total. The van der Waals surface area contributed by atoms with Crippen LogP contribution in [0.4, 0.5) is 0 Å². The Labute approximate surface area is 133 Å². The number of nitrogens with zero attached hydrogens (tertiary/aromatic N) is 2. The maximum atomic E-state index is 6.16. The van der Waals surface area contributed by atoms with Gasteiger partial charge < -0.3 is 4.57 Å². The lowest BCUT2D eigenvalue weighted by molar-refractivity contribution is 0.528. The molecule has 0 aliphatic heterocycles. The van der Waals surface area contributed by atoms with Crippen LogP contribution in [0.3, 0.4) is 0 Å². The van der Waals surface area contributed by atoms with Gasteiger partial charge in [0, 0.05) is 11.1 Å². The van der Waals surface area contributed by atoms with E-state index in [1.807, 2.05) is 18.2 Å². The number of alkyl halides is 1. The second-order valence-electron chi connectivity index (χ2n) is 5.50. The number of hydrogen-bond donors (Lipinski definition) is 0. The molecule has 1 heterocycles. The molecular formula is C17H14Cl2N2. The molecule has 0 atom stereocenters. The van der Waals surface area contributed by atoms with Gasteiger partial charge in [-0.15, -0.1) is 11.6 Å². The van der Waals surface area contributed by atoms with Gasteiger partial charge in [0.25, 0.3) is 0 Å². The van der Waals surface area contributed by atoms with Crippen molar-refractivity contribution >= 4 is 34.2 Å². The van der Waals surface area contributed by atoms with E-state index in [4.69, 9.17) is 23.2 Å². The highest BCUT2D eigenvalue weighted by Crippen LogP contribution is 2.34. The molecule has 4 rings (SSSR count). The number of fused-ring (bicyclic) bond motifs is 2. The Morgan fingerprint density at radius 1 is 1.10 bits per heavy atom. The van der Waals surface area contributed by atoms with Gasteiger partial charge in [-0.05, 0) is 42.2 Å². The van der Waals surface area contributed by atoms with Crippen molar-refractivity contribution in [3.63, 3.8) is 0 Å². The van der Waals surface area contributed by atoms with Gasteiger partial charge in [-0.25, -0.2) is 4.98 Å². The highest BCUT2D eigenvalue weighted by atomic mass is 35.5. The van der Waals surface area contributed by atoms with E-state index < -0.39 is 0 Å². The van der Waals surface area contributed by atoms with Gasteiger partial charge in [-0.3, -0.25) is 0 Å². The molecule has 4 heteroatoms. The van der Waals surface area contributed by atoms with E-state index in [-0.39, 0.29) is 0 Å². The summed E-state index contributed by atoms with van der Waals surface area (Å²) >= 11 is 12.3. The molecule has 0 radical (unpaired) electrons. The number of halogens is 2. The number of imidazole rings is 1. The van der Waals surface area contributed by atoms with E-state index in [9.17, 15) is 0 Å². The van der Waals surface area contributed by atoms with Crippen LogP contribution in [0.1, 0.15) is 23.0 Å². The standard InChI is InChI=1S/C17H14Cl2N2/c18-10-17-20-15-6-5-13(19)9-16(15)21(17)14-7-11-3-1-2-4-12(11)8-14/h1-6,9,14H,7-8,10H2. The van der Waals surface area contributed by atoms with Crippen LogP contribution < -0.4 is 0 Å². The number of hydrogen-bond acceptors (Lipinski definition) is 1. The van der Waals surface area contributed by atoms with Crippen molar-refractivity contribution in [2.45, 2.75) is 24.8 Å². The average molecular weight is 317 g/mol. The zero-order valence-corrected chi connectivity index (χ0v) is 12.9. The van der Waals surface area contributed by atoms with Crippen LogP contribution in [0.2, 0.25) is 5.02 Å². The summed E-state index contributed by atoms with van der Waals surface area (Å²) in [6.07, 6.45) is 2.05. The van der Waals surface area contributed by atoms with E-state index in [1.165, 1.54) is 11.1 Å². The Hall–Kier alpha value is -1.51. The van der Waals surface area contributed by atoms with Crippen LogP contribution >= 0.6 is 23.2 Å². The summed E-state index contributed by atoms with van der Waals surface area (Å²) in [5.74, 6) is 1.34. The monoisotopic (exact) mass is 316 g/mol. The van der Waals surface area contributed by atoms with Gasteiger partial charge >= 0.3 is 0 Å². The third kappa shape index (κ3) is 2.14. The van der Waals surface area contributed by atoms with Gasteiger partial charge in [0.1, 0.15) is 5.82 Å². The Morgan fingerprint density at radius 3 is 2.48 bits per heavy atom. The fraction of sp³-hybridized carbons (Fsp3) is 0.235. The molecule has 0 saturated heterocycles. The molecule has 0 amide bonds. The van der Waals surface area contributed by atoms with Gasteiger partial charge in [0.15, 0.2) is 0 Å². The van der Waals surface area contributed by atoms with Crippen molar-refractivity contribution < 1.29 is 0 Å². The molecule has 0 unspecified atom stereocenters. The van der Waals surface area contributed by atoms with E-state index in [1.54, 1.807) is 0 Å². The van der Waals surface area contributed by atoms with E-state index in [0.717, 1.165) is 34.7 Å². The first kappa shape index (κ1) is 13.2. The first-order valence-corrected chi connectivity index (χ1v) is 7.96. The average Bonchev–Trinajstić information content (AvgIpc) is 3.06. The lowest BCUT2D eigenvalue weighted by Gasteiger charge is -2.15. The topological polar surface area (TPSA) is 17.8 Å². The van der Waals surface area contributed by atoms with Crippen molar-refractivity contribution in [2.24, 2.45) is 0 Å². The largest absolute Gasteiger partial charge is 0.323 e. The zero-order valence-electron chi connectivity index (χ0n) is 11.4. The van der Waals surface area contributed by atoms with Crippen molar-refractivity contribution in [1.29, 1.82) is 0 Å². The smallest absolute Gasteiger partial charge is 0.125 e. The Bertz CT molecular complexity index is 798. The molecule has 21 heavy (non-hydrogen) atoms. The van der Waals surface area contributed by atoms with Gasteiger partial charge in [0.05, 0.1) is 16.9 Å². The molecule has 0 bridgehead atoms. The maximum Gasteiger partial charge on any atom is 0.125 e. The third-order valence-electron chi connectivity index (χ3n) is 4.24. The molecule has 0 spiro atoms. The molecule has 0 fully saturated rings. The summed E-state index contributed by atoms with van der Waals surface area (Å²) in [7, 11) is 0. The second kappa shape index (κ2) is 5.04. The van der Waals surface area contributed by atoms with Crippen molar-refractivity contribution in [3.8, 4) is 0 Å². The number of rotatable bonds is 2. The Morgan fingerprint density at radius 2 is 1.81 bits per heavy atom. The molecule has 1 aliphatic rings. The van der Waals surface area contributed by atoms with Crippen LogP contribution in [0.5, 0.6) is 0 Å². The fourth-order valence-corrected chi connectivity index (χ4v) is 3.69. The quantitative estimate of drug-likeness (QED) is 0.623. The minimum Gasteiger partial charge on any atom is -0.323 e. The summed E-state index contributed by atoms with van der Waals surface area (Å²) in [4.78, 5) is 4.65. The van der Waals surface area contributed by atoms with Crippen LogP contribution in [0.25, 0.3) is 11.0 Å². The molecule has 0 saturated carbocycles. The SMILES string of the molecule is ClCc1nc2ccc(Cl)cc2n1C1Cc2ccccc2C1. The van der Waals surface area contributed by atoms with Crippen molar-refractivity contribution in [2.75, 3.05) is 0 Å². The number of aromatic nitrogens is 2. The van der Waals surface area contributed by atoms with Crippen molar-refractivity contribution in [3.05, 3.63) is 64.4 Å². The highest BCUT2D eigenvalue weighted by Gasteiger charge is 2.26. The normalized spacial score (nSPS) is 14.8. The van der Waals surface area contributed by atoms with Gasteiger partial charge in [-0.2, -0.15) is 0 Å². The lowest BCUT2D eigenvalue weighted by atomic mass is 10.1. The zero-order chi connectivity index (χ0) is 14.4. The molecule has 0 N–H and O–H groups in total. The molecular weight excluding hydrogens is 303 g/mol. The molecule has 1 aliphatic carbocycles. The second-order valence-corrected chi connectivity index (χ2v) is 6.20. The molecule has 1 aromatic heterocycles. The predicted molar refractivity (Wildman–Crippen MR) is 87.2 cm³/mol. The van der Waals surface area contributed by atoms with Crippen LogP contribution in [0.15, 0.2) is 42.5 Å². The van der Waals surface area contributed by atoms with E-state index >= 15 is 0 Å². The summed E-state index contributed by atoms with van der Waals surface area (Å²) in [5, 5.41) is 0.736.